The minimum Gasteiger partial charge on any atom is -0.479 e. The second kappa shape index (κ2) is 8.99. The van der Waals surface area contributed by atoms with Gasteiger partial charge in [0.1, 0.15) is 0 Å². The number of aromatic nitrogens is 6. The van der Waals surface area contributed by atoms with Crippen molar-refractivity contribution in [3.05, 3.63) is 23.9 Å². The average Bonchev–Trinajstić information content (AvgIpc) is 3.39. The summed E-state index contributed by atoms with van der Waals surface area (Å²) in [7, 11) is 1.47. The lowest BCUT2D eigenvalue weighted by atomic mass is 9.81. The zero-order valence-electron chi connectivity index (χ0n) is 18.0. The highest BCUT2D eigenvalue weighted by Gasteiger charge is 2.25. The van der Waals surface area contributed by atoms with Crippen LogP contribution in [-0.2, 0) is 11.3 Å². The van der Waals surface area contributed by atoms with Crippen LogP contribution in [0.5, 0.6) is 5.88 Å². The minimum atomic E-state index is -0.683. The molecule has 0 bridgehead atoms. The van der Waals surface area contributed by atoms with Gasteiger partial charge in [-0.2, -0.15) is 14.5 Å². The Labute approximate surface area is 179 Å². The maximum Gasteiger partial charge on any atom is 0.341 e. The molecule has 1 saturated carbocycles. The Hall–Kier alpha value is -3.04. The number of carbonyl (C=O) groups is 1. The number of esters is 1. The van der Waals surface area contributed by atoms with E-state index in [1.807, 2.05) is 0 Å². The van der Waals surface area contributed by atoms with Gasteiger partial charge in [0.05, 0.1) is 25.5 Å². The predicted octanol–water partition coefficient (Wildman–Crippen LogP) is 3.55. The van der Waals surface area contributed by atoms with Gasteiger partial charge in [0.25, 0.3) is 11.9 Å². The monoisotopic (exact) mass is 430 g/mol. The summed E-state index contributed by atoms with van der Waals surface area (Å²) in [6, 6.07) is 0. The van der Waals surface area contributed by atoms with Crippen LogP contribution < -0.4 is 4.74 Å². The number of carbonyl (C=O) groups excluding carboxylic acids is 1. The van der Waals surface area contributed by atoms with Gasteiger partial charge >= 0.3 is 5.97 Å². The van der Waals surface area contributed by atoms with Gasteiger partial charge in [-0.15, -0.1) is 5.10 Å². The summed E-state index contributed by atoms with van der Waals surface area (Å²) in [4.78, 5) is 20.6. The van der Waals surface area contributed by atoms with Crippen molar-refractivity contribution in [1.82, 2.24) is 29.5 Å². The SMILES string of the molecule is CCOC(=O)c1cnn(-c2nc(OC)c3c(n2)c(F)nn3CC2CCC(CC)CC2)c1. The molecule has 10 heteroatoms. The van der Waals surface area contributed by atoms with E-state index in [9.17, 15) is 9.18 Å². The Bertz CT molecular complexity index is 1070. The third kappa shape index (κ3) is 4.24. The van der Waals surface area contributed by atoms with Crippen molar-refractivity contribution >= 4 is 17.0 Å². The zero-order chi connectivity index (χ0) is 22.0. The number of halogens is 1. The number of nitrogens with zero attached hydrogens (tertiary/aromatic N) is 6. The van der Waals surface area contributed by atoms with Gasteiger partial charge in [-0.05, 0) is 31.6 Å². The molecule has 9 nitrogen and oxygen atoms in total. The van der Waals surface area contributed by atoms with E-state index >= 15 is 0 Å². The number of rotatable bonds is 7. The summed E-state index contributed by atoms with van der Waals surface area (Å²) in [5.74, 6) is 0.341. The first-order chi connectivity index (χ1) is 15.0. The van der Waals surface area contributed by atoms with Gasteiger partial charge in [-0.25, -0.2) is 14.5 Å². The molecule has 166 valence electrons. The maximum absolute atomic E-state index is 14.7. The Morgan fingerprint density at radius 2 is 1.94 bits per heavy atom. The van der Waals surface area contributed by atoms with Gasteiger partial charge in [0.15, 0.2) is 11.0 Å². The quantitative estimate of drug-likeness (QED) is 0.529. The van der Waals surface area contributed by atoms with Crippen molar-refractivity contribution in [3.8, 4) is 11.8 Å². The van der Waals surface area contributed by atoms with Crippen LogP contribution in [0.25, 0.3) is 17.0 Å². The van der Waals surface area contributed by atoms with Crippen LogP contribution in [0.4, 0.5) is 4.39 Å². The summed E-state index contributed by atoms with van der Waals surface area (Å²) in [5, 5.41) is 8.19. The topological polar surface area (TPSA) is 96.9 Å². The van der Waals surface area contributed by atoms with Crippen molar-refractivity contribution in [3.63, 3.8) is 0 Å². The third-order valence-corrected chi connectivity index (χ3v) is 5.97. The fourth-order valence-corrected chi connectivity index (χ4v) is 4.20. The molecule has 1 aliphatic rings. The molecule has 0 saturated heterocycles. The van der Waals surface area contributed by atoms with Crippen LogP contribution in [0.15, 0.2) is 12.4 Å². The van der Waals surface area contributed by atoms with Crippen LogP contribution in [0, 0.1) is 17.8 Å². The molecule has 0 spiro atoms. The molecular formula is C21H27FN6O3. The first kappa shape index (κ1) is 21.2. The molecule has 0 N–H and O–H groups in total. The highest BCUT2D eigenvalue weighted by atomic mass is 19.1. The molecule has 3 aromatic rings. The number of hydrogen-bond donors (Lipinski definition) is 0. The van der Waals surface area contributed by atoms with Crippen LogP contribution in [0.2, 0.25) is 0 Å². The average molecular weight is 430 g/mol. The molecule has 0 aromatic carbocycles. The molecule has 3 aromatic heterocycles. The molecule has 1 fully saturated rings. The van der Waals surface area contributed by atoms with Gasteiger partial charge in [0, 0.05) is 12.7 Å². The lowest BCUT2D eigenvalue weighted by Crippen LogP contribution is -2.19. The highest BCUT2D eigenvalue weighted by molar-refractivity contribution is 5.88. The standard InChI is InChI=1S/C21H27FN6O3/c1-4-13-6-8-14(9-7-13)11-27-17-16(18(22)26-27)24-21(25-19(17)30-3)28-12-15(10-23-28)20(29)31-5-2/h10,12-14H,4-9,11H2,1-3H3. The fraction of sp³-hybridized carbons (Fsp3) is 0.571. The van der Waals surface area contributed by atoms with E-state index in [2.05, 4.69) is 27.1 Å². The van der Waals surface area contributed by atoms with E-state index in [1.165, 1.54) is 43.4 Å². The summed E-state index contributed by atoms with van der Waals surface area (Å²) >= 11 is 0. The highest BCUT2D eigenvalue weighted by Crippen LogP contribution is 2.33. The fourth-order valence-electron chi connectivity index (χ4n) is 4.20. The summed E-state index contributed by atoms with van der Waals surface area (Å²) in [6.45, 7) is 4.81. The molecule has 0 aliphatic heterocycles. The molecular weight excluding hydrogens is 403 g/mol. The molecule has 0 unspecified atom stereocenters. The van der Waals surface area contributed by atoms with Crippen LogP contribution in [0.1, 0.15) is 56.3 Å². The van der Waals surface area contributed by atoms with Crippen LogP contribution >= 0.6 is 0 Å². The normalized spacial score (nSPS) is 19.0. The van der Waals surface area contributed by atoms with E-state index in [-0.39, 0.29) is 29.5 Å². The minimum absolute atomic E-state index is 0.0669. The predicted molar refractivity (Wildman–Crippen MR) is 111 cm³/mol. The summed E-state index contributed by atoms with van der Waals surface area (Å²) in [6.07, 6.45) is 8.60. The summed E-state index contributed by atoms with van der Waals surface area (Å²) in [5.41, 5.74) is 0.750. The van der Waals surface area contributed by atoms with E-state index in [0.717, 1.165) is 18.8 Å². The maximum atomic E-state index is 14.7. The van der Waals surface area contributed by atoms with Gasteiger partial charge in [-0.1, -0.05) is 26.2 Å². The second-order valence-electron chi connectivity index (χ2n) is 7.89. The van der Waals surface area contributed by atoms with Gasteiger partial charge in [-0.3, -0.25) is 4.68 Å². The largest absolute Gasteiger partial charge is 0.479 e. The van der Waals surface area contributed by atoms with Crippen molar-refractivity contribution in [2.24, 2.45) is 11.8 Å². The van der Waals surface area contributed by atoms with Crippen molar-refractivity contribution in [2.45, 2.75) is 52.5 Å². The molecule has 0 amide bonds. The molecule has 31 heavy (non-hydrogen) atoms. The third-order valence-electron chi connectivity index (χ3n) is 5.97. The number of fused-ring (bicyclic) bond motifs is 1. The van der Waals surface area contributed by atoms with Gasteiger partial charge < -0.3 is 9.47 Å². The van der Waals surface area contributed by atoms with E-state index < -0.39 is 11.9 Å². The Kier molecular flexibility index (Phi) is 6.15. The van der Waals surface area contributed by atoms with E-state index in [1.54, 1.807) is 11.6 Å². The lowest BCUT2D eigenvalue weighted by Gasteiger charge is -2.27. The molecule has 0 atom stereocenters. The number of ether oxygens (including phenoxy) is 2. The molecule has 3 heterocycles. The number of hydrogen-bond acceptors (Lipinski definition) is 7. The summed E-state index contributed by atoms with van der Waals surface area (Å²) < 4.78 is 28.1. The van der Waals surface area contributed by atoms with Crippen molar-refractivity contribution in [1.29, 1.82) is 0 Å². The Morgan fingerprint density at radius 1 is 1.19 bits per heavy atom. The van der Waals surface area contributed by atoms with Crippen LogP contribution in [-0.4, -0.2) is 49.2 Å². The molecule has 0 radical (unpaired) electrons. The molecule has 4 rings (SSSR count). The Morgan fingerprint density at radius 3 is 2.61 bits per heavy atom. The second-order valence-corrected chi connectivity index (χ2v) is 7.89. The number of methoxy groups -OCH3 is 1. The lowest BCUT2D eigenvalue weighted by molar-refractivity contribution is 0.0526. The van der Waals surface area contributed by atoms with Crippen LogP contribution in [0.3, 0.4) is 0 Å². The Balaban J connectivity index is 1.65. The van der Waals surface area contributed by atoms with Crippen molar-refractivity contribution < 1.29 is 18.7 Å². The van der Waals surface area contributed by atoms with E-state index in [4.69, 9.17) is 9.47 Å². The zero-order valence-corrected chi connectivity index (χ0v) is 18.0. The smallest absolute Gasteiger partial charge is 0.341 e. The first-order valence-corrected chi connectivity index (χ1v) is 10.7. The van der Waals surface area contributed by atoms with E-state index in [0.29, 0.717) is 18.0 Å². The van der Waals surface area contributed by atoms with Gasteiger partial charge in [0.2, 0.25) is 5.88 Å². The molecule has 1 aliphatic carbocycles. The van der Waals surface area contributed by atoms with Crippen molar-refractivity contribution in [2.75, 3.05) is 13.7 Å². The first-order valence-electron chi connectivity index (χ1n) is 10.7.